The van der Waals surface area contributed by atoms with Crippen LogP contribution in [0, 0.1) is 5.92 Å². The van der Waals surface area contributed by atoms with Crippen molar-refractivity contribution in [1.82, 2.24) is 4.90 Å². The number of piperidine rings is 1. The largest absolute Gasteiger partial charge is 0.461 e. The Labute approximate surface area is 194 Å². The molecule has 4 rings (SSSR count). The van der Waals surface area contributed by atoms with Gasteiger partial charge in [0.25, 0.3) is 5.91 Å². The molecule has 6 nitrogen and oxygen atoms in total. The first kappa shape index (κ1) is 21.8. The Hall–Kier alpha value is -2.45. The molecule has 2 saturated heterocycles. The van der Waals surface area contributed by atoms with Crippen molar-refractivity contribution in [3.05, 3.63) is 64.6 Å². The highest BCUT2D eigenvalue weighted by molar-refractivity contribution is 9.10. The van der Waals surface area contributed by atoms with Crippen LogP contribution in [0.2, 0.25) is 0 Å². The van der Waals surface area contributed by atoms with E-state index in [2.05, 4.69) is 15.9 Å². The minimum absolute atomic E-state index is 0.135. The maximum absolute atomic E-state index is 12.9. The van der Waals surface area contributed by atoms with Gasteiger partial charge in [-0.15, -0.1) is 0 Å². The molecule has 2 aromatic rings. The van der Waals surface area contributed by atoms with E-state index in [0.717, 1.165) is 22.9 Å². The summed E-state index contributed by atoms with van der Waals surface area (Å²) in [5.41, 5.74) is 0.900. The molecule has 0 spiro atoms. The smallest absolute Gasteiger partial charge is 0.358 e. The average Bonchev–Trinajstić information content (AvgIpc) is 3.26. The molecule has 0 saturated carbocycles. The van der Waals surface area contributed by atoms with E-state index in [9.17, 15) is 9.59 Å². The number of benzene rings is 2. The Kier molecular flexibility index (Phi) is 6.87. The Morgan fingerprint density at radius 2 is 1.87 bits per heavy atom. The summed E-state index contributed by atoms with van der Waals surface area (Å²) in [6.07, 6.45) is 0.986. The molecule has 1 amide bonds. The Morgan fingerprint density at radius 1 is 1.13 bits per heavy atom. The maximum Gasteiger partial charge on any atom is 0.358 e. The molecule has 0 aliphatic carbocycles. The number of hydrogen-bond donors (Lipinski definition) is 0. The molecule has 0 aromatic heterocycles. The molecule has 2 aliphatic heterocycles. The SMILES string of the molecule is O=C(OCc1ccc(Br)cc1)[C@H]1C[C@@H](OC(=S)Oc2ccccc2)C(=O)N2CCC[C@H]12. The predicted molar refractivity (Wildman–Crippen MR) is 121 cm³/mol. The maximum atomic E-state index is 12.9. The summed E-state index contributed by atoms with van der Waals surface area (Å²) in [6.45, 7) is 0.788. The molecule has 0 N–H and O–H groups in total. The molecule has 2 heterocycles. The standard InChI is InChI=1S/C23H22BrNO5S/c24-16-10-8-15(9-11-16)14-28-22(27)18-13-20(21(26)25-12-4-7-19(18)25)30-23(31)29-17-5-2-1-3-6-17/h1-3,5-6,8-11,18-20H,4,7,12-14H2/t18-,19+,20+/m0/s1. The van der Waals surface area contributed by atoms with E-state index in [4.69, 9.17) is 26.4 Å². The molecule has 2 aromatic carbocycles. The van der Waals surface area contributed by atoms with Crippen LogP contribution in [0.5, 0.6) is 5.75 Å². The van der Waals surface area contributed by atoms with Gasteiger partial charge in [-0.2, -0.15) is 0 Å². The monoisotopic (exact) mass is 503 g/mol. The highest BCUT2D eigenvalue weighted by Gasteiger charge is 2.48. The summed E-state index contributed by atoms with van der Waals surface area (Å²) in [7, 11) is 0. The van der Waals surface area contributed by atoms with Crippen molar-refractivity contribution >= 4 is 45.3 Å². The lowest BCUT2D eigenvalue weighted by atomic mass is 9.87. The molecule has 2 aliphatic rings. The number of rotatable bonds is 5. The average molecular weight is 504 g/mol. The highest BCUT2D eigenvalue weighted by Crippen LogP contribution is 2.35. The zero-order valence-corrected chi connectivity index (χ0v) is 19.1. The zero-order chi connectivity index (χ0) is 21.8. The second-order valence-corrected chi connectivity index (χ2v) is 8.84. The van der Waals surface area contributed by atoms with E-state index in [1.807, 2.05) is 42.5 Å². The third-order valence-electron chi connectivity index (χ3n) is 5.57. The number of fused-ring (bicyclic) bond motifs is 1. The first-order valence-corrected chi connectivity index (χ1v) is 11.4. The van der Waals surface area contributed by atoms with E-state index in [-0.39, 0.29) is 36.2 Å². The van der Waals surface area contributed by atoms with Crippen LogP contribution >= 0.6 is 28.1 Å². The number of halogens is 1. The normalized spacial score (nSPS) is 22.5. The quantitative estimate of drug-likeness (QED) is 0.448. The number of para-hydroxylation sites is 1. The third kappa shape index (κ3) is 5.25. The van der Waals surface area contributed by atoms with Crippen molar-refractivity contribution < 1.29 is 23.8 Å². The van der Waals surface area contributed by atoms with Crippen molar-refractivity contribution in [2.75, 3.05) is 6.54 Å². The fourth-order valence-electron chi connectivity index (χ4n) is 4.08. The van der Waals surface area contributed by atoms with Gasteiger partial charge >= 0.3 is 11.2 Å². The lowest BCUT2D eigenvalue weighted by Crippen LogP contribution is -2.55. The van der Waals surface area contributed by atoms with Crippen LogP contribution in [0.25, 0.3) is 0 Å². The lowest BCUT2D eigenvalue weighted by molar-refractivity contribution is -0.162. The molecule has 8 heteroatoms. The first-order chi connectivity index (χ1) is 15.0. The molecule has 0 radical (unpaired) electrons. The van der Waals surface area contributed by atoms with Gasteiger partial charge in [-0.3, -0.25) is 9.59 Å². The highest BCUT2D eigenvalue weighted by atomic mass is 79.9. The molecule has 2 fully saturated rings. The molecule has 0 bridgehead atoms. The van der Waals surface area contributed by atoms with E-state index in [0.29, 0.717) is 12.3 Å². The van der Waals surface area contributed by atoms with Crippen molar-refractivity contribution in [2.45, 2.75) is 38.0 Å². The summed E-state index contributed by atoms with van der Waals surface area (Å²) in [4.78, 5) is 27.6. The first-order valence-electron chi connectivity index (χ1n) is 10.2. The van der Waals surface area contributed by atoms with Gasteiger partial charge in [-0.05, 0) is 42.7 Å². The fourth-order valence-corrected chi connectivity index (χ4v) is 4.55. The Balaban J connectivity index is 1.41. The second-order valence-electron chi connectivity index (χ2n) is 7.59. The molecular formula is C23H22BrNO5S. The minimum atomic E-state index is -0.865. The van der Waals surface area contributed by atoms with Gasteiger partial charge in [-0.1, -0.05) is 46.3 Å². The van der Waals surface area contributed by atoms with Crippen LogP contribution < -0.4 is 4.74 Å². The number of amides is 1. The van der Waals surface area contributed by atoms with Crippen molar-refractivity contribution in [3.8, 4) is 5.75 Å². The summed E-state index contributed by atoms with van der Waals surface area (Å²) in [5.74, 6) is -0.408. The van der Waals surface area contributed by atoms with Gasteiger partial charge in [0.1, 0.15) is 12.4 Å². The number of thiocarbonyl (C=S) groups is 1. The second kappa shape index (κ2) is 9.78. The Morgan fingerprint density at radius 3 is 2.61 bits per heavy atom. The van der Waals surface area contributed by atoms with E-state index in [1.165, 1.54) is 0 Å². The number of carbonyl (C=O) groups excluding carboxylic acids is 2. The molecule has 0 unspecified atom stereocenters. The molecule has 162 valence electrons. The van der Waals surface area contributed by atoms with Crippen LogP contribution in [0.3, 0.4) is 0 Å². The Bertz CT molecular complexity index is 952. The van der Waals surface area contributed by atoms with Crippen LogP contribution in [-0.2, 0) is 25.7 Å². The molecular weight excluding hydrogens is 482 g/mol. The predicted octanol–water partition coefficient (Wildman–Crippen LogP) is 4.25. The van der Waals surface area contributed by atoms with E-state index < -0.39 is 12.0 Å². The van der Waals surface area contributed by atoms with Crippen LogP contribution in [0.1, 0.15) is 24.8 Å². The van der Waals surface area contributed by atoms with Crippen molar-refractivity contribution in [3.63, 3.8) is 0 Å². The summed E-state index contributed by atoms with van der Waals surface area (Å²) < 4.78 is 17.7. The van der Waals surface area contributed by atoms with E-state index in [1.54, 1.807) is 17.0 Å². The summed E-state index contributed by atoms with van der Waals surface area (Å²) in [6, 6.07) is 16.4. The molecule has 3 atom stereocenters. The van der Waals surface area contributed by atoms with Gasteiger partial charge in [-0.25, -0.2) is 0 Å². The van der Waals surface area contributed by atoms with Crippen LogP contribution in [-0.4, -0.2) is 40.7 Å². The van der Waals surface area contributed by atoms with Crippen LogP contribution in [0.15, 0.2) is 59.1 Å². The fraction of sp³-hybridized carbons (Fsp3) is 0.348. The van der Waals surface area contributed by atoms with Gasteiger partial charge in [0.2, 0.25) is 0 Å². The number of ether oxygens (including phenoxy) is 3. The van der Waals surface area contributed by atoms with E-state index >= 15 is 0 Å². The lowest BCUT2D eigenvalue weighted by Gasteiger charge is -2.38. The van der Waals surface area contributed by atoms with Crippen molar-refractivity contribution in [1.29, 1.82) is 0 Å². The van der Waals surface area contributed by atoms with Gasteiger partial charge in [0, 0.05) is 35.7 Å². The summed E-state index contributed by atoms with van der Waals surface area (Å²) in [5, 5.41) is -0.135. The van der Waals surface area contributed by atoms with Gasteiger partial charge in [0.05, 0.1) is 5.92 Å². The number of nitrogens with zero attached hydrogens (tertiary/aromatic N) is 1. The number of esters is 1. The minimum Gasteiger partial charge on any atom is -0.461 e. The van der Waals surface area contributed by atoms with Gasteiger partial charge < -0.3 is 19.1 Å². The summed E-state index contributed by atoms with van der Waals surface area (Å²) >= 11 is 8.58. The van der Waals surface area contributed by atoms with Crippen LogP contribution in [0.4, 0.5) is 0 Å². The molecule has 31 heavy (non-hydrogen) atoms. The van der Waals surface area contributed by atoms with Crippen molar-refractivity contribution in [2.24, 2.45) is 5.92 Å². The third-order valence-corrected chi connectivity index (χ3v) is 6.28. The number of hydrogen-bond acceptors (Lipinski definition) is 6. The van der Waals surface area contributed by atoms with Gasteiger partial charge in [0.15, 0.2) is 6.10 Å². The zero-order valence-electron chi connectivity index (χ0n) is 16.7. The number of carbonyl (C=O) groups is 2. The topological polar surface area (TPSA) is 65.1 Å².